The highest BCUT2D eigenvalue weighted by atomic mass is 127. The van der Waals surface area contributed by atoms with Gasteiger partial charge >= 0.3 is 0 Å². The van der Waals surface area contributed by atoms with E-state index in [0.717, 1.165) is 15.6 Å². The molecule has 1 atom stereocenters. The number of halogens is 2. The molecule has 0 aromatic heterocycles. The lowest BCUT2D eigenvalue weighted by atomic mass is 9.79. The summed E-state index contributed by atoms with van der Waals surface area (Å²) < 4.78 is 13.9. The van der Waals surface area contributed by atoms with Crippen LogP contribution in [0.15, 0.2) is 18.2 Å². The van der Waals surface area contributed by atoms with E-state index in [1.807, 2.05) is 0 Å². The minimum Gasteiger partial charge on any atom is -0.299 e. The maximum atomic E-state index is 12.9. The summed E-state index contributed by atoms with van der Waals surface area (Å²) in [5, 5.41) is 0. The molecule has 3 heteroatoms. The van der Waals surface area contributed by atoms with Gasteiger partial charge in [-0.3, -0.25) is 4.79 Å². The number of carbonyl (C=O) groups excluding carboxylic acids is 1. The average molecular weight is 290 g/mol. The molecule has 1 fully saturated rings. The number of benzene rings is 1. The summed E-state index contributed by atoms with van der Waals surface area (Å²) in [7, 11) is 0. The lowest BCUT2D eigenvalue weighted by Gasteiger charge is -2.25. The maximum Gasteiger partial charge on any atom is 0.140 e. The van der Waals surface area contributed by atoms with Gasteiger partial charge in [0.15, 0.2) is 0 Å². The molecule has 1 saturated carbocycles. The van der Waals surface area contributed by atoms with Gasteiger partial charge in [0.05, 0.1) is 0 Å². The minimum atomic E-state index is -0.255. The van der Waals surface area contributed by atoms with Gasteiger partial charge in [0.1, 0.15) is 11.6 Å². The summed E-state index contributed by atoms with van der Waals surface area (Å²) in [5.41, 5.74) is 0.858. The van der Waals surface area contributed by atoms with Crippen LogP contribution in [0.25, 0.3) is 0 Å². The fourth-order valence-electron chi connectivity index (χ4n) is 1.52. The first-order chi connectivity index (χ1) is 6.18. The first-order valence-corrected chi connectivity index (χ1v) is 5.24. The molecule has 1 unspecified atom stereocenters. The van der Waals surface area contributed by atoms with Crippen molar-refractivity contribution in [3.63, 3.8) is 0 Å². The van der Waals surface area contributed by atoms with Crippen LogP contribution in [0.2, 0.25) is 0 Å². The van der Waals surface area contributed by atoms with E-state index >= 15 is 0 Å². The van der Waals surface area contributed by atoms with Crippen LogP contribution in [0.1, 0.15) is 24.3 Å². The van der Waals surface area contributed by atoms with Gasteiger partial charge in [-0.25, -0.2) is 4.39 Å². The van der Waals surface area contributed by atoms with Gasteiger partial charge in [-0.15, -0.1) is 0 Å². The Balaban J connectivity index is 2.38. The quantitative estimate of drug-likeness (QED) is 0.727. The Morgan fingerprint density at radius 3 is 2.77 bits per heavy atom. The summed E-state index contributed by atoms with van der Waals surface area (Å²) in [6.07, 6.45) is 1.52. The van der Waals surface area contributed by atoms with E-state index in [9.17, 15) is 9.18 Å². The van der Waals surface area contributed by atoms with Crippen LogP contribution in [0, 0.1) is 9.39 Å². The van der Waals surface area contributed by atoms with E-state index in [0.29, 0.717) is 6.42 Å². The Bertz CT molecular complexity index is 362. The maximum absolute atomic E-state index is 12.9. The fraction of sp³-hybridized carbons (Fsp3) is 0.300. The van der Waals surface area contributed by atoms with Gasteiger partial charge in [0.25, 0.3) is 0 Å². The largest absolute Gasteiger partial charge is 0.299 e. The van der Waals surface area contributed by atoms with Crippen molar-refractivity contribution >= 4 is 28.4 Å². The van der Waals surface area contributed by atoms with Crippen molar-refractivity contribution in [2.24, 2.45) is 0 Å². The second-order valence-corrected chi connectivity index (χ2v) is 4.39. The molecule has 13 heavy (non-hydrogen) atoms. The van der Waals surface area contributed by atoms with E-state index in [2.05, 4.69) is 22.6 Å². The number of rotatable bonds is 1. The van der Waals surface area contributed by atoms with Crippen LogP contribution in [0.4, 0.5) is 4.39 Å². The number of hydrogen-bond donors (Lipinski definition) is 0. The van der Waals surface area contributed by atoms with Gasteiger partial charge in [0, 0.05) is 15.9 Å². The third kappa shape index (κ3) is 1.61. The predicted octanol–water partition coefficient (Wildman–Crippen LogP) is 2.88. The highest BCUT2D eigenvalue weighted by Crippen LogP contribution is 2.35. The third-order valence-electron chi connectivity index (χ3n) is 2.40. The Morgan fingerprint density at radius 1 is 1.46 bits per heavy atom. The first kappa shape index (κ1) is 9.12. The zero-order valence-corrected chi connectivity index (χ0v) is 9.05. The van der Waals surface area contributed by atoms with Gasteiger partial charge in [-0.2, -0.15) is 0 Å². The average Bonchev–Trinajstić information content (AvgIpc) is 2.09. The molecule has 0 aliphatic heterocycles. The van der Waals surface area contributed by atoms with Crippen LogP contribution in [0.3, 0.4) is 0 Å². The number of carbonyl (C=O) groups is 1. The number of hydrogen-bond acceptors (Lipinski definition) is 1. The highest BCUT2D eigenvalue weighted by molar-refractivity contribution is 14.1. The Morgan fingerprint density at radius 2 is 2.23 bits per heavy atom. The molecule has 0 spiro atoms. The van der Waals surface area contributed by atoms with Gasteiger partial charge in [-0.1, -0.05) is 0 Å². The summed E-state index contributed by atoms with van der Waals surface area (Å²) in [4.78, 5) is 11.2. The van der Waals surface area contributed by atoms with E-state index in [-0.39, 0.29) is 17.5 Å². The molecular formula is C10H8FIO. The molecule has 1 aliphatic carbocycles. The van der Waals surface area contributed by atoms with Crippen molar-refractivity contribution in [1.82, 2.24) is 0 Å². The molecule has 1 nitrogen and oxygen atoms in total. The predicted molar refractivity (Wildman–Crippen MR) is 56.1 cm³/mol. The second-order valence-electron chi connectivity index (χ2n) is 3.22. The zero-order chi connectivity index (χ0) is 9.42. The van der Waals surface area contributed by atoms with Gasteiger partial charge in [0.2, 0.25) is 0 Å². The van der Waals surface area contributed by atoms with E-state index < -0.39 is 0 Å². The minimum absolute atomic E-state index is 0.0393. The summed E-state index contributed by atoms with van der Waals surface area (Å²) in [6.45, 7) is 0. The van der Waals surface area contributed by atoms with Crippen molar-refractivity contribution in [3.05, 3.63) is 33.1 Å². The third-order valence-corrected chi connectivity index (χ3v) is 3.38. The van der Waals surface area contributed by atoms with Crippen molar-refractivity contribution in [1.29, 1.82) is 0 Å². The van der Waals surface area contributed by atoms with Crippen LogP contribution in [0.5, 0.6) is 0 Å². The van der Waals surface area contributed by atoms with Gasteiger partial charge in [-0.05, 0) is 52.8 Å². The van der Waals surface area contributed by atoms with Crippen molar-refractivity contribution in [2.75, 3.05) is 0 Å². The van der Waals surface area contributed by atoms with E-state index in [1.54, 1.807) is 6.07 Å². The second kappa shape index (κ2) is 3.36. The summed E-state index contributed by atoms with van der Waals surface area (Å²) in [5.74, 6) is -0.0544. The monoisotopic (exact) mass is 290 g/mol. The highest BCUT2D eigenvalue weighted by Gasteiger charge is 2.30. The Kier molecular flexibility index (Phi) is 2.36. The molecule has 1 aliphatic rings. The van der Waals surface area contributed by atoms with E-state index in [4.69, 9.17) is 0 Å². The fourth-order valence-corrected chi connectivity index (χ4v) is 2.23. The zero-order valence-electron chi connectivity index (χ0n) is 6.89. The first-order valence-electron chi connectivity index (χ1n) is 4.16. The molecular weight excluding hydrogens is 282 g/mol. The SMILES string of the molecule is O=C1CCC1c1cc(F)ccc1I. The smallest absolute Gasteiger partial charge is 0.140 e. The lowest BCUT2D eigenvalue weighted by Crippen LogP contribution is -2.24. The van der Waals surface area contributed by atoms with Crippen molar-refractivity contribution < 1.29 is 9.18 Å². The molecule has 0 amide bonds. The number of ketones is 1. The van der Waals surface area contributed by atoms with Gasteiger partial charge < -0.3 is 0 Å². The molecule has 68 valence electrons. The van der Waals surface area contributed by atoms with E-state index in [1.165, 1.54) is 12.1 Å². The molecule has 0 N–H and O–H groups in total. The summed E-state index contributed by atoms with van der Waals surface area (Å²) in [6, 6.07) is 4.62. The standard InChI is InChI=1S/C10H8FIO/c11-6-1-3-9(12)8(5-6)7-2-4-10(7)13/h1,3,5,7H,2,4H2. The van der Waals surface area contributed by atoms with Crippen LogP contribution in [-0.2, 0) is 4.79 Å². The Hall–Kier alpha value is -0.450. The molecule has 0 heterocycles. The molecule has 0 saturated heterocycles. The molecule has 0 bridgehead atoms. The normalized spacial score (nSPS) is 21.4. The van der Waals surface area contributed by atoms with Crippen LogP contribution >= 0.6 is 22.6 Å². The van der Waals surface area contributed by atoms with Crippen molar-refractivity contribution in [2.45, 2.75) is 18.8 Å². The van der Waals surface area contributed by atoms with Crippen molar-refractivity contribution in [3.8, 4) is 0 Å². The Labute approximate surface area is 89.5 Å². The lowest BCUT2D eigenvalue weighted by molar-refractivity contribution is -0.125. The van der Waals surface area contributed by atoms with Crippen LogP contribution in [-0.4, -0.2) is 5.78 Å². The molecule has 1 aromatic carbocycles. The number of Topliss-reactive ketones (excluding diaryl/α,β-unsaturated/α-hetero) is 1. The molecule has 2 rings (SSSR count). The topological polar surface area (TPSA) is 17.1 Å². The molecule has 1 aromatic rings. The van der Waals surface area contributed by atoms with Crippen LogP contribution < -0.4 is 0 Å². The summed E-state index contributed by atoms with van der Waals surface area (Å²) >= 11 is 2.14. The molecule has 0 radical (unpaired) electrons.